The molecule has 1 aromatic heterocycles. The summed E-state index contributed by atoms with van der Waals surface area (Å²) in [5, 5.41) is 36.1. The van der Waals surface area contributed by atoms with Crippen molar-refractivity contribution in [1.29, 1.82) is 0 Å². The second kappa shape index (κ2) is 13.3. The molecule has 0 saturated heterocycles. The van der Waals surface area contributed by atoms with E-state index in [0.717, 1.165) is 5.69 Å². The number of aliphatic hydroxyl groups excluding tert-OH is 2. The van der Waals surface area contributed by atoms with Gasteiger partial charge in [-0.2, -0.15) is 5.11 Å². The number of aryl methyl sites for hydroxylation is 2. The monoisotopic (exact) mass is 496 g/mol. The third-order valence-electron chi connectivity index (χ3n) is 5.26. The van der Waals surface area contributed by atoms with Crippen molar-refractivity contribution in [3.8, 4) is 11.5 Å². The molecule has 11 heteroatoms. The molecule has 2 aromatic carbocycles. The number of ether oxygens (including phenoxy) is 2. The molecule has 0 spiro atoms. The Morgan fingerprint density at radius 2 is 1.42 bits per heavy atom. The average molecular weight is 497 g/mol. The van der Waals surface area contributed by atoms with E-state index in [1.807, 2.05) is 78.6 Å². The van der Waals surface area contributed by atoms with Crippen molar-refractivity contribution in [2.75, 3.05) is 44.4 Å². The lowest BCUT2D eigenvalue weighted by Crippen LogP contribution is -2.29. The summed E-state index contributed by atoms with van der Waals surface area (Å²) in [5.74, 6) is 1.72. The largest absolute Gasteiger partial charge is 0.491 e. The van der Waals surface area contributed by atoms with Crippen molar-refractivity contribution in [2.45, 2.75) is 13.8 Å². The minimum atomic E-state index is 0.00300. The Labute approximate surface area is 211 Å². The Kier molecular flexibility index (Phi) is 9.90. The summed E-state index contributed by atoms with van der Waals surface area (Å²) in [7, 11) is 3.80. The fourth-order valence-electron chi connectivity index (χ4n) is 3.51. The molecule has 0 bridgehead atoms. The zero-order valence-electron chi connectivity index (χ0n) is 21.2. The van der Waals surface area contributed by atoms with Crippen LogP contribution in [0.5, 0.6) is 11.5 Å². The van der Waals surface area contributed by atoms with E-state index in [0.29, 0.717) is 60.8 Å². The Morgan fingerprint density at radius 3 is 1.89 bits per heavy atom. The van der Waals surface area contributed by atoms with Gasteiger partial charge < -0.3 is 24.6 Å². The molecule has 2 N–H and O–H groups in total. The molecule has 192 valence electrons. The molecule has 0 fully saturated rings. The van der Waals surface area contributed by atoms with E-state index in [4.69, 9.17) is 9.47 Å². The second-order valence-electron chi connectivity index (χ2n) is 7.82. The van der Waals surface area contributed by atoms with Gasteiger partial charge in [0.2, 0.25) is 0 Å². The number of azo groups is 2. The van der Waals surface area contributed by atoms with Gasteiger partial charge in [0.25, 0.3) is 0 Å². The first-order valence-corrected chi connectivity index (χ1v) is 11.9. The molecule has 0 radical (unpaired) electrons. The van der Waals surface area contributed by atoms with E-state index in [-0.39, 0.29) is 13.2 Å². The third kappa shape index (κ3) is 6.86. The number of nitrogens with zero attached hydrogens (tertiary/aromatic N) is 7. The summed E-state index contributed by atoms with van der Waals surface area (Å²) in [5.41, 5.74) is 2.56. The van der Waals surface area contributed by atoms with E-state index in [1.165, 1.54) is 0 Å². The van der Waals surface area contributed by atoms with Crippen LogP contribution in [0.2, 0.25) is 0 Å². The molecule has 36 heavy (non-hydrogen) atoms. The van der Waals surface area contributed by atoms with Crippen LogP contribution in [0.1, 0.15) is 13.8 Å². The number of aliphatic hydroxyl groups is 2. The number of hydrogen-bond acceptors (Lipinski definition) is 9. The van der Waals surface area contributed by atoms with Gasteiger partial charge in [-0.05, 0) is 38.1 Å². The molecular formula is C25H34N7O4+. The molecule has 11 nitrogen and oxygen atoms in total. The van der Waals surface area contributed by atoms with E-state index in [1.54, 1.807) is 12.1 Å². The van der Waals surface area contributed by atoms with E-state index in [2.05, 4.69) is 20.5 Å². The molecule has 0 aliphatic carbocycles. The minimum absolute atomic E-state index is 0.00300. The number of hydrogen-bond donors (Lipinski definition) is 2. The van der Waals surface area contributed by atoms with Crippen molar-refractivity contribution in [3.05, 3.63) is 48.8 Å². The summed E-state index contributed by atoms with van der Waals surface area (Å²) in [4.78, 5) is 1.89. The minimum Gasteiger partial charge on any atom is -0.491 e. The second-order valence-corrected chi connectivity index (χ2v) is 7.82. The summed E-state index contributed by atoms with van der Waals surface area (Å²) in [6, 6.07) is 10.9. The van der Waals surface area contributed by atoms with Gasteiger partial charge in [-0.15, -0.1) is 5.11 Å². The van der Waals surface area contributed by atoms with Crippen LogP contribution in [0.4, 0.5) is 28.7 Å². The van der Waals surface area contributed by atoms with Gasteiger partial charge in [-0.1, -0.05) is 5.11 Å². The van der Waals surface area contributed by atoms with Crippen molar-refractivity contribution >= 4 is 28.7 Å². The maximum absolute atomic E-state index is 9.25. The predicted molar refractivity (Wildman–Crippen MR) is 137 cm³/mol. The maximum atomic E-state index is 9.25. The van der Waals surface area contributed by atoms with Gasteiger partial charge in [0.15, 0.2) is 5.75 Å². The lowest BCUT2D eigenvalue weighted by Gasteiger charge is -2.22. The van der Waals surface area contributed by atoms with Crippen LogP contribution < -0.4 is 18.9 Å². The lowest BCUT2D eigenvalue weighted by molar-refractivity contribution is -0.657. The third-order valence-corrected chi connectivity index (χ3v) is 5.26. The molecule has 0 saturated carbocycles. The van der Waals surface area contributed by atoms with Crippen LogP contribution in [0.3, 0.4) is 0 Å². The molecule has 0 unspecified atom stereocenters. The van der Waals surface area contributed by atoms with Gasteiger partial charge in [-0.25, -0.2) is 9.13 Å². The highest BCUT2D eigenvalue weighted by Gasteiger charge is 2.16. The molecule has 0 aliphatic heterocycles. The Hall–Kier alpha value is -3.83. The van der Waals surface area contributed by atoms with Crippen molar-refractivity contribution in [2.24, 2.45) is 34.6 Å². The number of imidazole rings is 1. The highest BCUT2D eigenvalue weighted by Crippen LogP contribution is 2.41. The zero-order valence-corrected chi connectivity index (χ0v) is 21.2. The smallest absolute Gasteiger partial charge is 0.421 e. The van der Waals surface area contributed by atoms with Crippen molar-refractivity contribution in [1.82, 2.24) is 4.57 Å². The molecule has 0 aliphatic rings. The Morgan fingerprint density at radius 1 is 0.861 bits per heavy atom. The number of aromatic nitrogens is 2. The van der Waals surface area contributed by atoms with E-state index >= 15 is 0 Å². The number of anilines is 1. The van der Waals surface area contributed by atoms with Crippen molar-refractivity contribution < 1.29 is 24.3 Å². The SMILES string of the molecule is CCOc1cc(N=Nc2n(C)cc[n+]2C)c(OCC)cc1N=Nc1ccc(N(CCO)CCO)cc1. The quantitative estimate of drug-likeness (QED) is 0.270. The van der Waals surface area contributed by atoms with Gasteiger partial charge in [0.05, 0.1) is 58.6 Å². The molecule has 0 atom stereocenters. The lowest BCUT2D eigenvalue weighted by atomic mass is 10.2. The molecule has 1 heterocycles. The summed E-state index contributed by atoms with van der Waals surface area (Å²) in [6.07, 6.45) is 3.80. The van der Waals surface area contributed by atoms with Crippen LogP contribution in [-0.2, 0) is 14.1 Å². The molecule has 0 amide bonds. The van der Waals surface area contributed by atoms with Gasteiger partial charge in [0.1, 0.15) is 17.1 Å². The highest BCUT2D eigenvalue weighted by molar-refractivity contribution is 5.66. The number of rotatable bonds is 13. The average Bonchev–Trinajstić information content (AvgIpc) is 3.20. The van der Waals surface area contributed by atoms with E-state index < -0.39 is 0 Å². The molecular weight excluding hydrogens is 462 g/mol. The van der Waals surface area contributed by atoms with Crippen LogP contribution in [0, 0.1) is 0 Å². The molecule has 3 rings (SSSR count). The van der Waals surface area contributed by atoms with Crippen LogP contribution >= 0.6 is 0 Å². The van der Waals surface area contributed by atoms with Gasteiger partial charge in [0, 0.05) is 36.0 Å². The van der Waals surface area contributed by atoms with Gasteiger partial charge >= 0.3 is 5.95 Å². The Balaban J connectivity index is 1.90. The fraction of sp³-hybridized carbons (Fsp3) is 0.400. The number of benzene rings is 2. The maximum Gasteiger partial charge on any atom is 0.421 e. The first-order chi connectivity index (χ1) is 17.5. The van der Waals surface area contributed by atoms with Crippen molar-refractivity contribution in [3.63, 3.8) is 0 Å². The first kappa shape index (κ1) is 26.8. The molecule has 3 aromatic rings. The fourth-order valence-corrected chi connectivity index (χ4v) is 3.51. The topological polar surface area (TPSA) is 120 Å². The van der Waals surface area contributed by atoms with E-state index in [9.17, 15) is 10.2 Å². The van der Waals surface area contributed by atoms with Crippen LogP contribution in [0.15, 0.2) is 69.2 Å². The Bertz CT molecular complexity index is 1150. The first-order valence-electron chi connectivity index (χ1n) is 11.9. The van der Waals surface area contributed by atoms with Crippen LogP contribution in [0.25, 0.3) is 0 Å². The summed E-state index contributed by atoms with van der Waals surface area (Å²) >= 11 is 0. The van der Waals surface area contributed by atoms with Crippen LogP contribution in [-0.4, -0.2) is 54.3 Å². The normalized spacial score (nSPS) is 11.5. The highest BCUT2D eigenvalue weighted by atomic mass is 16.5. The predicted octanol–water partition coefficient (Wildman–Crippen LogP) is 4.27. The standard InChI is InChI=1S/C25H34N7O4/c1-5-35-23-18-22(28-29-25-30(3)11-12-31(25)4)24(36-6-2)17-21(23)27-26-19-7-9-20(10-8-19)32(13-15-33)14-16-34/h7-12,17-18,33-34H,5-6,13-16H2,1-4H3/q+1. The summed E-state index contributed by atoms with van der Waals surface area (Å²) in [6.45, 7) is 5.56. The zero-order chi connectivity index (χ0) is 25.9. The van der Waals surface area contributed by atoms with Gasteiger partial charge in [-0.3, -0.25) is 0 Å². The summed E-state index contributed by atoms with van der Waals surface area (Å²) < 4.78 is 15.4.